The third kappa shape index (κ3) is 2.44. The molecule has 0 saturated heterocycles. The lowest BCUT2D eigenvalue weighted by molar-refractivity contribution is 0.0738. The average molecular weight is 285 g/mol. The Morgan fingerprint density at radius 2 is 2.05 bits per heavy atom. The molecule has 4 nitrogen and oxygen atoms in total. The quantitative estimate of drug-likeness (QED) is 0.916. The lowest BCUT2D eigenvalue weighted by atomic mass is 9.75. The maximum atomic E-state index is 5.43. The van der Waals surface area contributed by atoms with Gasteiger partial charge in [-0.05, 0) is 45.5 Å². The first-order chi connectivity index (χ1) is 10.2. The summed E-state index contributed by atoms with van der Waals surface area (Å²) in [5.74, 6) is 1.84. The molecule has 1 fully saturated rings. The predicted molar refractivity (Wildman–Crippen MR) is 87.1 cm³/mol. The second-order valence-electron chi connectivity index (χ2n) is 6.04. The highest BCUT2D eigenvalue weighted by atomic mass is 16.5. The molecule has 2 aromatic rings. The lowest BCUT2D eigenvalue weighted by Crippen LogP contribution is -2.54. The van der Waals surface area contributed by atoms with Crippen LogP contribution in [0.4, 0.5) is 5.82 Å². The second kappa shape index (κ2) is 5.53. The van der Waals surface area contributed by atoms with E-state index in [1.54, 1.807) is 7.11 Å². The summed E-state index contributed by atoms with van der Waals surface area (Å²) >= 11 is 0. The van der Waals surface area contributed by atoms with Gasteiger partial charge in [-0.2, -0.15) is 0 Å². The highest BCUT2D eigenvalue weighted by Crippen LogP contribution is 2.37. The van der Waals surface area contributed by atoms with Crippen LogP contribution in [0.1, 0.15) is 19.3 Å². The van der Waals surface area contributed by atoms with E-state index in [2.05, 4.69) is 35.4 Å². The van der Waals surface area contributed by atoms with Gasteiger partial charge in [0.1, 0.15) is 11.6 Å². The number of ether oxygens (including phenoxy) is 1. The average Bonchev–Trinajstić information content (AvgIpc) is 2.45. The molecular weight excluding hydrogens is 262 g/mol. The van der Waals surface area contributed by atoms with Crippen LogP contribution in [0.2, 0.25) is 0 Å². The van der Waals surface area contributed by atoms with Crippen molar-refractivity contribution in [1.29, 1.82) is 0 Å². The Morgan fingerprint density at radius 1 is 1.24 bits per heavy atom. The number of fused-ring (bicyclic) bond motifs is 1. The van der Waals surface area contributed by atoms with Gasteiger partial charge in [-0.25, -0.2) is 4.98 Å². The molecule has 112 valence electrons. The van der Waals surface area contributed by atoms with Crippen molar-refractivity contribution in [2.24, 2.45) is 0 Å². The molecule has 0 amide bonds. The van der Waals surface area contributed by atoms with Crippen molar-refractivity contribution in [2.75, 3.05) is 33.1 Å². The van der Waals surface area contributed by atoms with Crippen LogP contribution in [0.15, 0.2) is 30.5 Å². The predicted octanol–water partition coefficient (Wildman–Crippen LogP) is 3.14. The van der Waals surface area contributed by atoms with Crippen molar-refractivity contribution in [2.45, 2.75) is 24.8 Å². The molecule has 0 atom stereocenters. The van der Waals surface area contributed by atoms with Gasteiger partial charge in [0.25, 0.3) is 0 Å². The van der Waals surface area contributed by atoms with Crippen LogP contribution in [-0.4, -0.2) is 43.2 Å². The van der Waals surface area contributed by atoms with Crippen molar-refractivity contribution in [3.05, 3.63) is 30.5 Å². The zero-order valence-electron chi connectivity index (χ0n) is 13.0. The van der Waals surface area contributed by atoms with Crippen molar-refractivity contribution in [3.63, 3.8) is 0 Å². The molecule has 0 spiro atoms. The van der Waals surface area contributed by atoms with E-state index in [0.717, 1.165) is 28.9 Å². The van der Waals surface area contributed by atoms with E-state index in [1.807, 2.05) is 24.4 Å². The molecule has 1 N–H and O–H groups in total. The standard InChI is InChI=1S/C17H23N3O/c1-20(2)17(9-5-10-17)12-19-16-14-6-4-7-15(21-3)13(14)8-11-18-16/h4,6-8,11H,5,9-10,12H2,1-3H3,(H,18,19). The number of methoxy groups -OCH3 is 1. The Labute approximate surface area is 126 Å². The fourth-order valence-corrected chi connectivity index (χ4v) is 3.11. The molecule has 1 aromatic heterocycles. The Morgan fingerprint density at radius 3 is 2.67 bits per heavy atom. The molecular formula is C17H23N3O. The number of nitrogens with one attached hydrogen (secondary N) is 1. The first-order valence-corrected chi connectivity index (χ1v) is 7.49. The zero-order valence-corrected chi connectivity index (χ0v) is 13.0. The number of aromatic nitrogens is 1. The number of hydrogen-bond acceptors (Lipinski definition) is 4. The summed E-state index contributed by atoms with van der Waals surface area (Å²) in [6.45, 7) is 0.934. The molecule has 1 aromatic carbocycles. The van der Waals surface area contributed by atoms with E-state index in [9.17, 15) is 0 Å². The van der Waals surface area contributed by atoms with Crippen molar-refractivity contribution < 1.29 is 4.74 Å². The molecule has 4 heteroatoms. The Kier molecular flexibility index (Phi) is 3.72. The van der Waals surface area contributed by atoms with Gasteiger partial charge >= 0.3 is 0 Å². The molecule has 0 radical (unpaired) electrons. The SMILES string of the molecule is COc1cccc2c(NCC3(N(C)C)CCC3)nccc12. The zero-order chi connectivity index (χ0) is 14.9. The number of likely N-dealkylation sites (N-methyl/N-ethyl adjacent to an activating group) is 1. The summed E-state index contributed by atoms with van der Waals surface area (Å²) in [6.07, 6.45) is 5.66. The van der Waals surface area contributed by atoms with Crippen LogP contribution in [0.3, 0.4) is 0 Å². The molecule has 0 bridgehead atoms. The fourth-order valence-electron chi connectivity index (χ4n) is 3.11. The number of hydrogen-bond donors (Lipinski definition) is 1. The topological polar surface area (TPSA) is 37.4 Å². The van der Waals surface area contributed by atoms with Gasteiger partial charge in [-0.3, -0.25) is 0 Å². The van der Waals surface area contributed by atoms with E-state index in [1.165, 1.54) is 19.3 Å². The number of nitrogens with zero attached hydrogens (tertiary/aromatic N) is 2. The van der Waals surface area contributed by atoms with Crippen molar-refractivity contribution in [1.82, 2.24) is 9.88 Å². The Hall–Kier alpha value is -1.81. The van der Waals surface area contributed by atoms with Crippen LogP contribution in [0.25, 0.3) is 10.8 Å². The van der Waals surface area contributed by atoms with E-state index in [0.29, 0.717) is 0 Å². The van der Waals surface area contributed by atoms with E-state index in [-0.39, 0.29) is 5.54 Å². The van der Waals surface area contributed by atoms with Crippen LogP contribution in [0.5, 0.6) is 5.75 Å². The summed E-state index contributed by atoms with van der Waals surface area (Å²) < 4.78 is 5.43. The summed E-state index contributed by atoms with van der Waals surface area (Å²) in [5, 5.41) is 5.77. The monoisotopic (exact) mass is 285 g/mol. The van der Waals surface area contributed by atoms with Crippen LogP contribution < -0.4 is 10.1 Å². The lowest BCUT2D eigenvalue weighted by Gasteiger charge is -2.47. The molecule has 1 aliphatic carbocycles. The van der Waals surface area contributed by atoms with Gasteiger partial charge < -0.3 is 15.0 Å². The van der Waals surface area contributed by atoms with E-state index >= 15 is 0 Å². The smallest absolute Gasteiger partial charge is 0.134 e. The maximum Gasteiger partial charge on any atom is 0.134 e. The minimum Gasteiger partial charge on any atom is -0.496 e. The molecule has 0 aliphatic heterocycles. The van der Waals surface area contributed by atoms with Gasteiger partial charge in [0, 0.05) is 29.1 Å². The molecule has 3 rings (SSSR count). The van der Waals surface area contributed by atoms with E-state index < -0.39 is 0 Å². The largest absolute Gasteiger partial charge is 0.496 e. The Bertz CT molecular complexity index is 635. The summed E-state index contributed by atoms with van der Waals surface area (Å²) in [7, 11) is 6.04. The third-order valence-electron chi connectivity index (χ3n) is 4.80. The molecule has 1 heterocycles. The Balaban J connectivity index is 1.88. The number of rotatable bonds is 5. The molecule has 1 aliphatic rings. The van der Waals surface area contributed by atoms with Gasteiger partial charge in [-0.1, -0.05) is 12.1 Å². The minimum absolute atomic E-state index is 0.280. The third-order valence-corrected chi connectivity index (χ3v) is 4.80. The van der Waals surface area contributed by atoms with Crippen LogP contribution in [-0.2, 0) is 0 Å². The van der Waals surface area contributed by atoms with E-state index in [4.69, 9.17) is 4.74 Å². The minimum atomic E-state index is 0.280. The van der Waals surface area contributed by atoms with Crippen molar-refractivity contribution in [3.8, 4) is 5.75 Å². The number of anilines is 1. The molecule has 21 heavy (non-hydrogen) atoms. The van der Waals surface area contributed by atoms with Crippen LogP contribution in [0, 0.1) is 0 Å². The first-order valence-electron chi connectivity index (χ1n) is 7.49. The summed E-state index contributed by atoms with van der Waals surface area (Å²) in [4.78, 5) is 6.86. The highest BCUT2D eigenvalue weighted by Gasteiger charge is 2.38. The second-order valence-corrected chi connectivity index (χ2v) is 6.04. The van der Waals surface area contributed by atoms with Gasteiger partial charge in [0.2, 0.25) is 0 Å². The van der Waals surface area contributed by atoms with Gasteiger partial charge in [-0.15, -0.1) is 0 Å². The summed E-state index contributed by atoms with van der Waals surface area (Å²) in [6, 6.07) is 8.10. The highest BCUT2D eigenvalue weighted by molar-refractivity contribution is 5.95. The number of benzene rings is 1. The van der Waals surface area contributed by atoms with Crippen LogP contribution >= 0.6 is 0 Å². The molecule has 1 saturated carbocycles. The number of pyridine rings is 1. The fraction of sp³-hybridized carbons (Fsp3) is 0.471. The maximum absolute atomic E-state index is 5.43. The molecule has 0 unspecified atom stereocenters. The van der Waals surface area contributed by atoms with Gasteiger partial charge in [0.15, 0.2) is 0 Å². The van der Waals surface area contributed by atoms with Crippen molar-refractivity contribution >= 4 is 16.6 Å². The summed E-state index contributed by atoms with van der Waals surface area (Å²) in [5.41, 5.74) is 0.280. The van der Waals surface area contributed by atoms with Gasteiger partial charge in [0.05, 0.1) is 7.11 Å². The normalized spacial score (nSPS) is 16.8. The first kappa shape index (κ1) is 14.1.